The Bertz CT molecular complexity index is 604. The van der Waals surface area contributed by atoms with Gasteiger partial charge in [-0.25, -0.2) is 9.67 Å². The highest BCUT2D eigenvalue weighted by molar-refractivity contribution is 5.94. The maximum Gasteiger partial charge on any atom is 0.245 e. The zero-order valence-electron chi connectivity index (χ0n) is 10.6. The minimum absolute atomic E-state index is 0.215. The average Bonchev–Trinajstić information content (AvgIpc) is 2.86. The Labute approximate surface area is 109 Å². The molecule has 2 aromatic heterocycles. The maximum absolute atomic E-state index is 11.3. The van der Waals surface area contributed by atoms with E-state index in [0.29, 0.717) is 29.2 Å². The fraction of sp³-hybridized carbons (Fsp3) is 0.500. The molecule has 1 aliphatic rings. The summed E-state index contributed by atoms with van der Waals surface area (Å²) in [6, 6.07) is 0. The summed E-state index contributed by atoms with van der Waals surface area (Å²) in [6.45, 7) is 0.683. The first-order chi connectivity index (χ1) is 9.35. The van der Waals surface area contributed by atoms with Gasteiger partial charge in [-0.1, -0.05) is 0 Å². The van der Waals surface area contributed by atoms with E-state index in [1.165, 1.54) is 13.4 Å². The van der Waals surface area contributed by atoms with E-state index >= 15 is 0 Å². The zero-order valence-corrected chi connectivity index (χ0v) is 10.6. The summed E-state index contributed by atoms with van der Waals surface area (Å²) in [4.78, 5) is 19.4. The van der Waals surface area contributed by atoms with Crippen LogP contribution in [0.5, 0.6) is 5.88 Å². The molecule has 0 N–H and O–H groups in total. The van der Waals surface area contributed by atoms with Crippen LogP contribution in [0.15, 0.2) is 6.33 Å². The average molecular weight is 262 g/mol. The Kier molecular flexibility index (Phi) is 3.12. The smallest absolute Gasteiger partial charge is 0.245 e. The standard InChI is InChI=1S/C12H14N4O3/c1-18-12-11-10(13-7-14-12)8(6-17)16(15-11)9-4-2-3-5-19-9/h6-7,9H,2-5H2,1H3. The first kappa shape index (κ1) is 12.0. The van der Waals surface area contributed by atoms with Crippen LogP contribution < -0.4 is 4.74 Å². The summed E-state index contributed by atoms with van der Waals surface area (Å²) in [5.74, 6) is 0.364. The molecule has 1 aliphatic heterocycles. The van der Waals surface area contributed by atoms with Crippen molar-refractivity contribution in [2.24, 2.45) is 0 Å². The van der Waals surface area contributed by atoms with Gasteiger partial charge in [0.2, 0.25) is 5.88 Å². The predicted octanol–water partition coefficient (Wildman–Crippen LogP) is 1.35. The highest BCUT2D eigenvalue weighted by Crippen LogP contribution is 2.28. The molecule has 0 saturated carbocycles. The topological polar surface area (TPSA) is 79.1 Å². The lowest BCUT2D eigenvalue weighted by Crippen LogP contribution is -2.20. The van der Waals surface area contributed by atoms with Gasteiger partial charge < -0.3 is 9.47 Å². The van der Waals surface area contributed by atoms with Gasteiger partial charge >= 0.3 is 0 Å². The summed E-state index contributed by atoms with van der Waals surface area (Å²) in [5, 5.41) is 4.39. The molecule has 3 heterocycles. The van der Waals surface area contributed by atoms with Crippen LogP contribution in [0.2, 0.25) is 0 Å². The Hall–Kier alpha value is -2.02. The van der Waals surface area contributed by atoms with E-state index < -0.39 is 0 Å². The third-order valence-corrected chi connectivity index (χ3v) is 3.22. The molecule has 0 bridgehead atoms. The van der Waals surface area contributed by atoms with Crippen LogP contribution in [-0.2, 0) is 4.74 Å². The van der Waals surface area contributed by atoms with Crippen LogP contribution in [0.3, 0.4) is 0 Å². The first-order valence-corrected chi connectivity index (χ1v) is 6.19. The molecule has 1 unspecified atom stereocenters. The van der Waals surface area contributed by atoms with E-state index in [2.05, 4.69) is 15.1 Å². The molecule has 0 amide bonds. The summed E-state index contributed by atoms with van der Waals surface area (Å²) >= 11 is 0. The van der Waals surface area contributed by atoms with E-state index in [4.69, 9.17) is 9.47 Å². The van der Waals surface area contributed by atoms with Crippen molar-refractivity contribution in [2.75, 3.05) is 13.7 Å². The molecule has 0 radical (unpaired) electrons. The Morgan fingerprint density at radius 2 is 2.32 bits per heavy atom. The van der Waals surface area contributed by atoms with E-state index in [9.17, 15) is 4.79 Å². The molecule has 1 atom stereocenters. The van der Waals surface area contributed by atoms with Crippen molar-refractivity contribution < 1.29 is 14.3 Å². The first-order valence-electron chi connectivity index (χ1n) is 6.19. The number of nitrogens with zero attached hydrogens (tertiary/aromatic N) is 4. The van der Waals surface area contributed by atoms with Gasteiger partial charge in [-0.05, 0) is 19.3 Å². The number of rotatable bonds is 3. The van der Waals surface area contributed by atoms with Crippen LogP contribution in [0.25, 0.3) is 11.0 Å². The minimum Gasteiger partial charge on any atom is -0.479 e. The highest BCUT2D eigenvalue weighted by Gasteiger charge is 2.24. The molecule has 1 fully saturated rings. The van der Waals surface area contributed by atoms with E-state index in [1.807, 2.05) is 0 Å². The molecule has 0 spiro atoms. The Morgan fingerprint density at radius 1 is 1.42 bits per heavy atom. The molecule has 3 rings (SSSR count). The molecule has 7 heteroatoms. The number of aromatic nitrogens is 4. The fourth-order valence-electron chi connectivity index (χ4n) is 2.31. The van der Waals surface area contributed by atoms with Crippen molar-refractivity contribution in [1.82, 2.24) is 19.7 Å². The summed E-state index contributed by atoms with van der Waals surface area (Å²) in [7, 11) is 1.51. The van der Waals surface area contributed by atoms with Gasteiger partial charge in [-0.2, -0.15) is 10.1 Å². The number of methoxy groups -OCH3 is 1. The number of fused-ring (bicyclic) bond motifs is 1. The normalized spacial score (nSPS) is 19.5. The number of carbonyl (C=O) groups excluding carboxylic acids is 1. The van der Waals surface area contributed by atoms with Crippen molar-refractivity contribution in [3.63, 3.8) is 0 Å². The molecule has 100 valence electrons. The van der Waals surface area contributed by atoms with Crippen LogP contribution in [-0.4, -0.2) is 39.8 Å². The molecule has 0 aromatic carbocycles. The van der Waals surface area contributed by atoms with E-state index in [1.54, 1.807) is 4.68 Å². The largest absolute Gasteiger partial charge is 0.479 e. The predicted molar refractivity (Wildman–Crippen MR) is 66.1 cm³/mol. The van der Waals surface area contributed by atoms with Crippen molar-refractivity contribution in [2.45, 2.75) is 25.5 Å². The number of hydrogen-bond donors (Lipinski definition) is 0. The Balaban J connectivity index is 2.15. The lowest BCUT2D eigenvalue weighted by molar-refractivity contribution is -0.0398. The Morgan fingerprint density at radius 3 is 3.00 bits per heavy atom. The summed E-state index contributed by atoms with van der Waals surface area (Å²) in [5.41, 5.74) is 1.39. The highest BCUT2D eigenvalue weighted by atomic mass is 16.5. The van der Waals surface area contributed by atoms with Gasteiger partial charge in [0.25, 0.3) is 0 Å². The molecular weight excluding hydrogens is 248 g/mol. The molecule has 7 nitrogen and oxygen atoms in total. The lowest BCUT2D eigenvalue weighted by Gasteiger charge is -2.23. The maximum atomic E-state index is 11.3. The number of aldehydes is 1. The van der Waals surface area contributed by atoms with Gasteiger partial charge in [0.05, 0.1) is 7.11 Å². The van der Waals surface area contributed by atoms with Crippen LogP contribution in [0.1, 0.15) is 36.0 Å². The third kappa shape index (κ3) is 1.95. The molecule has 1 saturated heterocycles. The summed E-state index contributed by atoms with van der Waals surface area (Å²) < 4.78 is 12.4. The summed E-state index contributed by atoms with van der Waals surface area (Å²) in [6.07, 6.45) is 4.83. The number of carbonyl (C=O) groups is 1. The minimum atomic E-state index is -0.215. The van der Waals surface area contributed by atoms with Crippen molar-refractivity contribution in [1.29, 1.82) is 0 Å². The third-order valence-electron chi connectivity index (χ3n) is 3.22. The molecular formula is C12H14N4O3. The van der Waals surface area contributed by atoms with Gasteiger partial charge in [0, 0.05) is 6.61 Å². The van der Waals surface area contributed by atoms with Crippen LogP contribution in [0, 0.1) is 0 Å². The number of ether oxygens (including phenoxy) is 2. The van der Waals surface area contributed by atoms with Crippen molar-refractivity contribution in [3.8, 4) is 5.88 Å². The molecule has 19 heavy (non-hydrogen) atoms. The van der Waals surface area contributed by atoms with Gasteiger partial charge in [0.1, 0.15) is 17.5 Å². The zero-order chi connectivity index (χ0) is 13.2. The van der Waals surface area contributed by atoms with Crippen LogP contribution in [0.4, 0.5) is 0 Å². The van der Waals surface area contributed by atoms with E-state index in [-0.39, 0.29) is 6.23 Å². The quantitative estimate of drug-likeness (QED) is 0.777. The lowest BCUT2D eigenvalue weighted by atomic mass is 10.2. The SMILES string of the molecule is COc1ncnc2c(C=O)n(C3CCCCO3)nc12. The fourth-order valence-corrected chi connectivity index (χ4v) is 2.31. The van der Waals surface area contributed by atoms with Crippen molar-refractivity contribution >= 4 is 17.3 Å². The molecule has 2 aromatic rings. The van der Waals surface area contributed by atoms with E-state index in [0.717, 1.165) is 25.5 Å². The van der Waals surface area contributed by atoms with Crippen molar-refractivity contribution in [3.05, 3.63) is 12.0 Å². The second-order valence-electron chi connectivity index (χ2n) is 4.35. The number of hydrogen-bond acceptors (Lipinski definition) is 6. The van der Waals surface area contributed by atoms with Gasteiger partial charge in [-0.15, -0.1) is 0 Å². The monoisotopic (exact) mass is 262 g/mol. The second kappa shape index (κ2) is 4.93. The van der Waals surface area contributed by atoms with Gasteiger partial charge in [0.15, 0.2) is 18.0 Å². The van der Waals surface area contributed by atoms with Gasteiger partial charge in [-0.3, -0.25) is 4.79 Å². The molecule has 0 aliphatic carbocycles. The second-order valence-corrected chi connectivity index (χ2v) is 4.35. The van der Waals surface area contributed by atoms with Crippen LogP contribution >= 0.6 is 0 Å².